The molecule has 10 aromatic carbocycles. The summed E-state index contributed by atoms with van der Waals surface area (Å²) in [6.07, 6.45) is 0. The maximum Gasteiger partial charge on any atom is 0.227 e. The molecule has 0 unspecified atom stereocenters. The summed E-state index contributed by atoms with van der Waals surface area (Å²) < 4.78 is 6.66. The van der Waals surface area contributed by atoms with Crippen LogP contribution in [0.25, 0.3) is 88.3 Å². The van der Waals surface area contributed by atoms with Gasteiger partial charge in [-0.25, -0.2) is 4.98 Å². The molecule has 0 amide bonds. The number of rotatable bonds is 7. The molecule has 0 N–H and O–H groups in total. The smallest absolute Gasteiger partial charge is 0.227 e. The van der Waals surface area contributed by atoms with Crippen molar-refractivity contribution in [2.24, 2.45) is 0 Å². The van der Waals surface area contributed by atoms with Crippen LogP contribution in [-0.2, 0) is 0 Å². The molecule has 11 rings (SSSR count). The summed E-state index contributed by atoms with van der Waals surface area (Å²) in [5.74, 6) is 0.625. The van der Waals surface area contributed by atoms with Crippen molar-refractivity contribution in [3.63, 3.8) is 0 Å². The van der Waals surface area contributed by atoms with E-state index in [2.05, 4.69) is 193 Å². The third-order valence-corrected chi connectivity index (χ3v) is 11.3. The Morgan fingerprint density at radius 2 is 0.931 bits per heavy atom. The fraction of sp³-hybridized carbons (Fsp3) is 0. The van der Waals surface area contributed by atoms with E-state index in [4.69, 9.17) is 9.40 Å². The Kier molecular flexibility index (Phi) is 8.15. The van der Waals surface area contributed by atoms with E-state index in [-0.39, 0.29) is 0 Å². The fourth-order valence-electron chi connectivity index (χ4n) is 8.54. The third-order valence-electron chi connectivity index (χ3n) is 11.3. The van der Waals surface area contributed by atoms with E-state index in [0.29, 0.717) is 5.89 Å². The van der Waals surface area contributed by atoms with Crippen molar-refractivity contribution >= 4 is 60.5 Å². The van der Waals surface area contributed by atoms with Crippen LogP contribution in [0, 0.1) is 0 Å². The molecule has 0 radical (unpaired) electrons. The predicted octanol–water partition coefficient (Wildman–Crippen LogP) is 15.4. The monoisotopic (exact) mass is 740 g/mol. The van der Waals surface area contributed by atoms with Gasteiger partial charge in [-0.05, 0) is 98.1 Å². The van der Waals surface area contributed by atoms with Gasteiger partial charge in [0.05, 0.1) is 5.69 Å². The Balaban J connectivity index is 1.14. The number of nitrogens with zero attached hydrogens (tertiary/aromatic N) is 2. The van der Waals surface area contributed by atoms with Crippen molar-refractivity contribution in [3.05, 3.63) is 218 Å². The zero-order chi connectivity index (χ0) is 38.4. The van der Waals surface area contributed by atoms with Crippen molar-refractivity contribution in [3.8, 4) is 44.8 Å². The lowest BCUT2D eigenvalue weighted by Gasteiger charge is -2.28. The van der Waals surface area contributed by atoms with Gasteiger partial charge in [0.25, 0.3) is 0 Å². The highest BCUT2D eigenvalue weighted by Gasteiger charge is 2.20. The van der Waals surface area contributed by atoms with Crippen molar-refractivity contribution in [1.29, 1.82) is 0 Å². The Morgan fingerprint density at radius 1 is 0.362 bits per heavy atom. The number of benzene rings is 10. The second kappa shape index (κ2) is 14.1. The van der Waals surface area contributed by atoms with Gasteiger partial charge in [0.1, 0.15) is 5.52 Å². The van der Waals surface area contributed by atoms with E-state index in [1.807, 2.05) is 30.3 Å². The van der Waals surface area contributed by atoms with Crippen LogP contribution in [0.2, 0.25) is 0 Å². The van der Waals surface area contributed by atoms with E-state index in [9.17, 15) is 0 Å². The van der Waals surface area contributed by atoms with Crippen LogP contribution < -0.4 is 4.90 Å². The third kappa shape index (κ3) is 5.80. The molecule has 0 aliphatic heterocycles. The zero-order valence-electron chi connectivity index (χ0n) is 31.6. The minimum absolute atomic E-state index is 0.625. The van der Waals surface area contributed by atoms with Crippen molar-refractivity contribution in [1.82, 2.24) is 4.98 Å². The normalized spacial score (nSPS) is 11.4. The van der Waals surface area contributed by atoms with Crippen LogP contribution in [0.4, 0.5) is 17.1 Å². The largest absolute Gasteiger partial charge is 0.435 e. The maximum absolute atomic E-state index is 6.66. The Labute approximate surface area is 336 Å². The lowest BCUT2D eigenvalue weighted by molar-refractivity contribution is 0.623. The molecule has 0 fully saturated rings. The number of aromatic nitrogens is 1. The second-order valence-corrected chi connectivity index (χ2v) is 14.7. The molecule has 1 aromatic heterocycles. The molecule has 58 heavy (non-hydrogen) atoms. The first-order valence-corrected chi connectivity index (χ1v) is 19.7. The molecule has 0 saturated carbocycles. The van der Waals surface area contributed by atoms with Crippen LogP contribution in [0.3, 0.4) is 0 Å². The van der Waals surface area contributed by atoms with E-state index >= 15 is 0 Å². The molecule has 0 spiro atoms. The number of anilines is 3. The topological polar surface area (TPSA) is 29.3 Å². The maximum atomic E-state index is 6.66. The van der Waals surface area contributed by atoms with Gasteiger partial charge in [-0.3, -0.25) is 0 Å². The molecular formula is C55H36N2O. The highest BCUT2D eigenvalue weighted by Crippen LogP contribution is 2.45. The van der Waals surface area contributed by atoms with Crippen LogP contribution >= 0.6 is 0 Å². The molecule has 0 aliphatic carbocycles. The molecule has 0 atom stereocenters. The minimum Gasteiger partial charge on any atom is -0.435 e. The van der Waals surface area contributed by atoms with Crippen LogP contribution in [0.5, 0.6) is 0 Å². The van der Waals surface area contributed by atoms with Gasteiger partial charge in [0, 0.05) is 33.1 Å². The summed E-state index contributed by atoms with van der Waals surface area (Å²) in [5.41, 5.74) is 13.0. The minimum atomic E-state index is 0.625. The number of fused-ring (bicyclic) bond motifs is 7. The number of hydrogen-bond acceptors (Lipinski definition) is 3. The molecule has 0 bridgehead atoms. The molecule has 3 heteroatoms. The summed E-state index contributed by atoms with van der Waals surface area (Å²) in [7, 11) is 0. The molecule has 11 aromatic rings. The highest BCUT2D eigenvalue weighted by molar-refractivity contribution is 6.27. The standard InChI is InChI=1S/C55H36N2O/c1-4-14-37(15-5-1)38-28-32-44(33-29-38)57(45-21-12-20-43(36-45)47-23-11-10-22-46(47)39-16-6-2-7-17-39)51-25-13-24-49-48(51)34-30-40-26-27-41-31-35-50-54(53(41)52(40)49)58-55(56-50)42-18-8-3-9-19-42/h1-36H. The molecule has 272 valence electrons. The second-order valence-electron chi connectivity index (χ2n) is 14.7. The Hall–Kier alpha value is -7.75. The van der Waals surface area contributed by atoms with Gasteiger partial charge in [-0.15, -0.1) is 0 Å². The van der Waals surface area contributed by atoms with E-state index < -0.39 is 0 Å². The number of hydrogen-bond donors (Lipinski definition) is 0. The summed E-state index contributed by atoms with van der Waals surface area (Å²) in [6, 6.07) is 77.8. The van der Waals surface area contributed by atoms with Crippen LogP contribution in [-0.4, -0.2) is 4.98 Å². The SMILES string of the molecule is c1ccc(-c2ccc(N(c3cccc(-c4ccccc4-c4ccccc4)c3)c3cccc4c3ccc3ccc5ccc6nc(-c7ccccc7)oc6c5c34)cc2)cc1. The molecule has 0 aliphatic rings. The van der Waals surface area contributed by atoms with Gasteiger partial charge >= 0.3 is 0 Å². The summed E-state index contributed by atoms with van der Waals surface area (Å²) in [5, 5.41) is 6.80. The highest BCUT2D eigenvalue weighted by atomic mass is 16.3. The van der Waals surface area contributed by atoms with Gasteiger partial charge < -0.3 is 9.32 Å². The Morgan fingerprint density at radius 3 is 1.67 bits per heavy atom. The van der Waals surface area contributed by atoms with E-state index in [0.717, 1.165) is 71.6 Å². The van der Waals surface area contributed by atoms with Crippen molar-refractivity contribution in [2.75, 3.05) is 4.90 Å². The van der Waals surface area contributed by atoms with Crippen molar-refractivity contribution in [2.45, 2.75) is 0 Å². The van der Waals surface area contributed by atoms with Crippen LogP contribution in [0.15, 0.2) is 223 Å². The van der Waals surface area contributed by atoms with E-state index in [1.54, 1.807) is 0 Å². The molecule has 0 saturated heterocycles. The fourth-order valence-corrected chi connectivity index (χ4v) is 8.54. The molecule has 3 nitrogen and oxygen atoms in total. The first-order chi connectivity index (χ1) is 28.8. The average Bonchev–Trinajstić information content (AvgIpc) is 3.75. The number of oxazole rings is 1. The first kappa shape index (κ1) is 33.6. The lowest BCUT2D eigenvalue weighted by atomic mass is 9.93. The van der Waals surface area contributed by atoms with Crippen molar-refractivity contribution < 1.29 is 4.42 Å². The van der Waals surface area contributed by atoms with Gasteiger partial charge in [-0.1, -0.05) is 170 Å². The summed E-state index contributed by atoms with van der Waals surface area (Å²) in [4.78, 5) is 7.36. The molecule has 1 heterocycles. The van der Waals surface area contributed by atoms with Crippen LogP contribution in [0.1, 0.15) is 0 Å². The zero-order valence-corrected chi connectivity index (χ0v) is 31.6. The average molecular weight is 741 g/mol. The van der Waals surface area contributed by atoms with Gasteiger partial charge in [-0.2, -0.15) is 0 Å². The summed E-state index contributed by atoms with van der Waals surface area (Å²) >= 11 is 0. The van der Waals surface area contributed by atoms with Gasteiger partial charge in [0.2, 0.25) is 5.89 Å². The lowest BCUT2D eigenvalue weighted by Crippen LogP contribution is -2.10. The summed E-state index contributed by atoms with van der Waals surface area (Å²) in [6.45, 7) is 0. The first-order valence-electron chi connectivity index (χ1n) is 19.7. The van der Waals surface area contributed by atoms with Gasteiger partial charge in [0.15, 0.2) is 5.58 Å². The predicted molar refractivity (Wildman–Crippen MR) is 243 cm³/mol. The molecular weight excluding hydrogens is 705 g/mol. The quantitative estimate of drug-likeness (QED) is 0.152. The van der Waals surface area contributed by atoms with E-state index in [1.165, 1.54) is 27.8 Å². The Bertz CT molecular complexity index is 3260.